The molecule has 17 heteroatoms. The zero-order valence-corrected chi connectivity index (χ0v) is 37.8. The van der Waals surface area contributed by atoms with E-state index in [-0.39, 0.29) is 70.1 Å². The van der Waals surface area contributed by atoms with Crippen molar-refractivity contribution in [2.45, 2.75) is 103 Å². The number of likely N-dealkylation sites (tertiary alicyclic amines) is 1. The summed E-state index contributed by atoms with van der Waals surface area (Å²) in [4.78, 5) is 66.0. The molecule has 4 aliphatic heterocycles. The number of imide groups is 1. The fourth-order valence-electron chi connectivity index (χ4n) is 9.48. The second kappa shape index (κ2) is 19.5. The van der Waals surface area contributed by atoms with Crippen LogP contribution in [0.2, 0.25) is 5.02 Å². The van der Waals surface area contributed by atoms with E-state index in [0.717, 1.165) is 58.2 Å². The molecule has 1 aromatic heterocycles. The Morgan fingerprint density at radius 2 is 1.68 bits per heavy atom. The zero-order chi connectivity index (χ0) is 46.0. The molecule has 65 heavy (non-hydrogen) atoms. The van der Waals surface area contributed by atoms with E-state index in [9.17, 15) is 19.2 Å². The number of piperazine rings is 1. The lowest BCUT2D eigenvalue weighted by molar-refractivity contribution is -0.136. The number of anilines is 1. The predicted molar refractivity (Wildman–Crippen MR) is 239 cm³/mol. The number of ether oxygens (including phenoxy) is 2. The molecule has 4 amide bonds. The molecule has 2 atom stereocenters. The number of rotatable bonds is 13. The van der Waals surface area contributed by atoms with Crippen molar-refractivity contribution >= 4 is 52.1 Å². The summed E-state index contributed by atoms with van der Waals surface area (Å²) in [6, 6.07) is 8.29. The molecule has 1 N–H and O–H groups in total. The summed E-state index contributed by atoms with van der Waals surface area (Å²) in [6.07, 6.45) is 7.55. The van der Waals surface area contributed by atoms with Gasteiger partial charge in [0.25, 0.3) is 5.91 Å². The first kappa shape index (κ1) is 46.1. The van der Waals surface area contributed by atoms with Gasteiger partial charge in [-0.15, -0.1) is 0 Å². The number of carbonyl (C=O) groups excluding carboxylic acids is 4. The molecule has 13 nitrogen and oxygen atoms in total. The predicted octanol–water partition coefficient (Wildman–Crippen LogP) is 8.39. The minimum Gasteiger partial charge on any atom is -0.493 e. The molecule has 4 aromatic rings. The number of nitrogens with one attached hydrogen (secondary N) is 1. The number of hydrogen-bond donors (Lipinski definition) is 1. The van der Waals surface area contributed by atoms with Crippen molar-refractivity contribution in [1.82, 2.24) is 30.0 Å². The van der Waals surface area contributed by atoms with Crippen molar-refractivity contribution in [2.75, 3.05) is 57.3 Å². The van der Waals surface area contributed by atoms with E-state index in [2.05, 4.69) is 20.2 Å². The van der Waals surface area contributed by atoms with E-state index < -0.39 is 41.1 Å². The molecule has 0 bridgehead atoms. The SMILES string of the molecule is CC(C)(C)OC(=O)N1CCN(c2ncnc3c(F)c(-c4c(F)cccc4OCCCCCCCN4CCCC(c5cc6c(cc5F)C(=O)N(C5CCC(=O)NC5=O)C6)C4)c(Cl)cc23)CC1. The van der Waals surface area contributed by atoms with Crippen LogP contribution in [-0.4, -0.2) is 113 Å². The fraction of sp³-hybridized carbons (Fsp3) is 0.500. The van der Waals surface area contributed by atoms with Gasteiger partial charge in [-0.05, 0) is 113 Å². The molecule has 5 heterocycles. The van der Waals surface area contributed by atoms with E-state index in [1.807, 2.05) is 25.7 Å². The van der Waals surface area contributed by atoms with Gasteiger partial charge in [-0.3, -0.25) is 19.7 Å². The van der Waals surface area contributed by atoms with Crippen molar-refractivity contribution in [3.05, 3.63) is 81.9 Å². The first-order chi connectivity index (χ1) is 31.2. The quantitative estimate of drug-likeness (QED) is 0.103. The van der Waals surface area contributed by atoms with Crippen LogP contribution in [0.25, 0.3) is 22.0 Å². The Balaban J connectivity index is 0.814. The molecule has 346 valence electrons. The molecule has 0 spiro atoms. The number of nitrogens with zero attached hydrogens (tertiary/aromatic N) is 6. The van der Waals surface area contributed by atoms with Crippen LogP contribution in [0.5, 0.6) is 5.75 Å². The Morgan fingerprint density at radius 3 is 2.45 bits per heavy atom. The minimum atomic E-state index is -0.786. The number of halogens is 4. The van der Waals surface area contributed by atoms with Gasteiger partial charge in [0.1, 0.15) is 46.7 Å². The summed E-state index contributed by atoms with van der Waals surface area (Å²) in [5, 5.41) is 2.67. The Bertz CT molecular complexity index is 2480. The van der Waals surface area contributed by atoms with Crippen LogP contribution >= 0.6 is 11.6 Å². The van der Waals surface area contributed by atoms with E-state index in [1.165, 1.54) is 29.4 Å². The van der Waals surface area contributed by atoms with Crippen LogP contribution in [0.4, 0.5) is 23.8 Å². The van der Waals surface area contributed by atoms with Crippen LogP contribution in [0, 0.1) is 17.5 Å². The highest BCUT2D eigenvalue weighted by Gasteiger charge is 2.40. The molecule has 2 unspecified atom stereocenters. The molecular formula is C48H55ClF3N7O6. The number of hydrogen-bond acceptors (Lipinski definition) is 10. The highest BCUT2D eigenvalue weighted by Crippen LogP contribution is 2.43. The smallest absolute Gasteiger partial charge is 0.410 e. The van der Waals surface area contributed by atoms with Gasteiger partial charge in [0.15, 0.2) is 5.82 Å². The number of fused-ring (bicyclic) bond motifs is 2. The van der Waals surface area contributed by atoms with Gasteiger partial charge in [0, 0.05) is 62.2 Å². The molecular weight excluding hydrogens is 863 g/mol. The standard InChI is InChI=1S/C48H55ClF3N7O6/c1-48(2,3)65-47(63)58-20-18-57(19-21-58)44-33-24-34(49)40(42(52)43(33)53-28-54-44)41-35(50)12-9-13-38(41)64-22-8-6-4-5-7-16-56-17-10-11-29(26-56)31-23-30-27-59(46(62)32(30)25-36(31)51)37-14-15-39(60)55-45(37)61/h9,12-13,23-25,28-29,37H,4-8,10-11,14-22,26-27H2,1-3H3,(H,55,60,61). The lowest BCUT2D eigenvalue weighted by Gasteiger charge is -2.36. The van der Waals surface area contributed by atoms with Gasteiger partial charge in [0.2, 0.25) is 11.8 Å². The van der Waals surface area contributed by atoms with E-state index >= 15 is 13.2 Å². The van der Waals surface area contributed by atoms with Gasteiger partial charge >= 0.3 is 6.09 Å². The van der Waals surface area contributed by atoms with E-state index in [0.29, 0.717) is 61.5 Å². The summed E-state index contributed by atoms with van der Waals surface area (Å²) >= 11 is 6.76. The van der Waals surface area contributed by atoms with Crippen molar-refractivity contribution in [3.8, 4) is 16.9 Å². The van der Waals surface area contributed by atoms with Crippen LogP contribution in [0.15, 0.2) is 42.7 Å². The Labute approximate surface area is 381 Å². The molecule has 3 fully saturated rings. The van der Waals surface area contributed by atoms with Crippen LogP contribution < -0.4 is 15.0 Å². The third-order valence-electron chi connectivity index (χ3n) is 12.7. The summed E-state index contributed by atoms with van der Waals surface area (Å²) in [5.41, 5.74) is 0.751. The van der Waals surface area contributed by atoms with Crippen molar-refractivity contribution in [1.29, 1.82) is 0 Å². The second-order valence-electron chi connectivity index (χ2n) is 18.4. The topological polar surface area (TPSA) is 138 Å². The van der Waals surface area contributed by atoms with Crippen LogP contribution in [-0.2, 0) is 20.9 Å². The average molecular weight is 918 g/mol. The molecule has 0 radical (unpaired) electrons. The first-order valence-electron chi connectivity index (χ1n) is 22.6. The molecule has 4 aliphatic rings. The summed E-state index contributed by atoms with van der Waals surface area (Å²) in [6.45, 7) is 10.1. The van der Waals surface area contributed by atoms with Crippen molar-refractivity contribution in [2.24, 2.45) is 0 Å². The number of benzene rings is 3. The largest absolute Gasteiger partial charge is 0.493 e. The molecule has 0 saturated carbocycles. The van der Waals surface area contributed by atoms with Gasteiger partial charge in [-0.25, -0.2) is 27.9 Å². The van der Waals surface area contributed by atoms with Gasteiger partial charge < -0.3 is 29.1 Å². The maximum Gasteiger partial charge on any atom is 0.410 e. The molecule has 3 saturated heterocycles. The van der Waals surface area contributed by atoms with E-state index in [1.54, 1.807) is 23.1 Å². The average Bonchev–Trinajstić information content (AvgIpc) is 3.58. The fourth-order valence-corrected chi connectivity index (χ4v) is 9.76. The number of carbonyl (C=O) groups is 4. The number of unbranched alkanes of at least 4 members (excludes halogenated alkanes) is 4. The van der Waals surface area contributed by atoms with Gasteiger partial charge in [-0.2, -0.15) is 0 Å². The van der Waals surface area contributed by atoms with Crippen LogP contribution in [0.1, 0.15) is 106 Å². The highest BCUT2D eigenvalue weighted by atomic mass is 35.5. The number of aromatic nitrogens is 2. The summed E-state index contributed by atoms with van der Waals surface area (Å²) in [7, 11) is 0. The van der Waals surface area contributed by atoms with Gasteiger partial charge in [0.05, 0.1) is 17.2 Å². The van der Waals surface area contributed by atoms with Crippen molar-refractivity contribution < 1.29 is 41.8 Å². The Kier molecular flexibility index (Phi) is 13.9. The monoisotopic (exact) mass is 917 g/mol. The first-order valence-corrected chi connectivity index (χ1v) is 23.0. The maximum atomic E-state index is 16.5. The minimum absolute atomic E-state index is 0.00794. The molecule has 8 rings (SSSR count). The summed E-state index contributed by atoms with van der Waals surface area (Å²) < 4.78 is 59.2. The van der Waals surface area contributed by atoms with Gasteiger partial charge in [-0.1, -0.05) is 36.9 Å². The Hall–Kier alpha value is -5.48. The third kappa shape index (κ3) is 10.2. The zero-order valence-electron chi connectivity index (χ0n) is 37.1. The Morgan fingerprint density at radius 1 is 0.908 bits per heavy atom. The maximum absolute atomic E-state index is 16.5. The van der Waals surface area contributed by atoms with Crippen molar-refractivity contribution in [3.63, 3.8) is 0 Å². The number of piperidine rings is 2. The van der Waals surface area contributed by atoms with Crippen LogP contribution in [0.3, 0.4) is 0 Å². The third-order valence-corrected chi connectivity index (χ3v) is 13.0. The summed E-state index contributed by atoms with van der Waals surface area (Å²) in [5.74, 6) is -2.46. The second-order valence-corrected chi connectivity index (χ2v) is 18.8. The normalized spacial score (nSPS) is 19.5. The van der Waals surface area contributed by atoms with E-state index in [4.69, 9.17) is 21.1 Å². The lowest BCUT2D eigenvalue weighted by Crippen LogP contribution is -2.52. The number of amides is 4. The molecule has 3 aromatic carbocycles. The molecule has 0 aliphatic carbocycles. The lowest BCUT2D eigenvalue weighted by atomic mass is 9.88. The highest BCUT2D eigenvalue weighted by molar-refractivity contribution is 6.34.